The van der Waals surface area contributed by atoms with Crippen LogP contribution in [0.1, 0.15) is 0 Å². The maximum absolute atomic E-state index is 8.57. The first-order valence-electron chi connectivity index (χ1n) is 2.55. The van der Waals surface area contributed by atoms with Crippen LogP contribution in [0.15, 0.2) is 0 Å². The summed E-state index contributed by atoms with van der Waals surface area (Å²) < 4.78 is 0. The molecule has 0 fully saturated rings. The predicted octanol–water partition coefficient (Wildman–Crippen LogP) is -3.10. The predicted molar refractivity (Wildman–Crippen MR) is 31.3 cm³/mol. The second-order valence-corrected chi connectivity index (χ2v) is 1.62. The Morgan fingerprint density at radius 2 is 2.00 bits per heavy atom. The molecular formula is C3H10BNO4. The highest BCUT2D eigenvalue weighted by Gasteiger charge is 2.08. The Bertz CT molecular complexity index is 70.8. The van der Waals surface area contributed by atoms with Gasteiger partial charge in [-0.15, -0.1) is 0 Å². The fourth-order valence-electron chi connectivity index (χ4n) is 0.306. The van der Waals surface area contributed by atoms with Crippen LogP contribution in [0.4, 0.5) is 0 Å². The zero-order valence-electron chi connectivity index (χ0n) is 4.86. The van der Waals surface area contributed by atoms with Crippen molar-refractivity contribution in [3.05, 3.63) is 0 Å². The van der Waals surface area contributed by atoms with Gasteiger partial charge in [0.15, 0.2) is 0 Å². The molecule has 0 aliphatic carbocycles. The van der Waals surface area contributed by atoms with Crippen molar-refractivity contribution in [2.75, 3.05) is 13.2 Å². The van der Waals surface area contributed by atoms with Crippen molar-refractivity contribution < 1.29 is 20.3 Å². The monoisotopic (exact) mass is 135 g/mol. The Balaban J connectivity index is 3.06. The molecule has 0 radical (unpaired) electrons. The van der Waals surface area contributed by atoms with E-state index in [4.69, 9.17) is 20.3 Å². The summed E-state index contributed by atoms with van der Waals surface area (Å²) in [6, 6.07) is 0. The van der Waals surface area contributed by atoms with E-state index in [1.165, 1.54) is 0 Å². The lowest BCUT2D eigenvalue weighted by atomic mass is 10.1. The zero-order valence-corrected chi connectivity index (χ0v) is 4.86. The average molecular weight is 135 g/mol. The number of hydrogen-bond donors (Lipinski definition) is 5. The van der Waals surface area contributed by atoms with Gasteiger partial charge in [-0.2, -0.15) is 0 Å². The van der Waals surface area contributed by atoms with Gasteiger partial charge in [0.05, 0.1) is 12.7 Å². The molecule has 54 valence electrons. The van der Waals surface area contributed by atoms with Gasteiger partial charge in [0, 0.05) is 6.54 Å². The highest BCUT2D eigenvalue weighted by atomic mass is 16.4. The van der Waals surface area contributed by atoms with Crippen molar-refractivity contribution in [2.45, 2.75) is 6.10 Å². The fraction of sp³-hybridized carbons (Fsp3) is 1.00. The number of aliphatic hydroxyl groups excluding tert-OH is 2. The molecule has 5 N–H and O–H groups in total. The van der Waals surface area contributed by atoms with E-state index in [0.717, 1.165) is 0 Å². The fourth-order valence-corrected chi connectivity index (χ4v) is 0.306. The third kappa shape index (κ3) is 5.74. The molecule has 0 rings (SSSR count). The Hall–Kier alpha value is -0.135. The van der Waals surface area contributed by atoms with Crippen molar-refractivity contribution in [3.8, 4) is 0 Å². The van der Waals surface area contributed by atoms with Crippen LogP contribution in [0, 0.1) is 0 Å². The number of hydrogen-bond acceptors (Lipinski definition) is 5. The molecule has 1 unspecified atom stereocenters. The molecule has 6 heteroatoms. The van der Waals surface area contributed by atoms with Gasteiger partial charge in [-0.3, -0.25) is 0 Å². The van der Waals surface area contributed by atoms with E-state index in [1.807, 2.05) is 0 Å². The van der Waals surface area contributed by atoms with Crippen LogP contribution in [0.3, 0.4) is 0 Å². The van der Waals surface area contributed by atoms with Gasteiger partial charge < -0.3 is 25.5 Å². The Morgan fingerprint density at radius 3 is 2.33 bits per heavy atom. The molecule has 0 aromatic rings. The Labute approximate surface area is 53.1 Å². The third-order valence-electron chi connectivity index (χ3n) is 0.747. The van der Waals surface area contributed by atoms with E-state index in [-0.39, 0.29) is 13.2 Å². The maximum atomic E-state index is 8.57. The maximum Gasteiger partial charge on any atom is 0.549 e. The van der Waals surface area contributed by atoms with Gasteiger partial charge in [0.2, 0.25) is 0 Å². The Morgan fingerprint density at radius 1 is 1.44 bits per heavy atom. The molecule has 0 bridgehead atoms. The molecule has 0 aliphatic heterocycles. The lowest BCUT2D eigenvalue weighted by Crippen LogP contribution is -2.40. The second kappa shape index (κ2) is 4.72. The van der Waals surface area contributed by atoms with Crippen molar-refractivity contribution in [1.82, 2.24) is 5.23 Å². The molecule has 1 atom stereocenters. The molecule has 0 aromatic carbocycles. The van der Waals surface area contributed by atoms with Gasteiger partial charge in [-0.1, -0.05) is 0 Å². The normalized spacial score (nSPS) is 13.3. The van der Waals surface area contributed by atoms with Crippen molar-refractivity contribution in [2.24, 2.45) is 0 Å². The highest BCUT2D eigenvalue weighted by Crippen LogP contribution is 1.75. The number of rotatable bonds is 4. The quantitative estimate of drug-likeness (QED) is 0.263. The van der Waals surface area contributed by atoms with E-state index in [9.17, 15) is 0 Å². The standard InChI is InChI=1S/C3H10BNO4/c6-2-3(7)1-5-4(8)9/h3,5-9H,1-2H2. The van der Waals surface area contributed by atoms with Crippen molar-refractivity contribution in [1.29, 1.82) is 0 Å². The molecule has 0 aromatic heterocycles. The molecular weight excluding hydrogens is 125 g/mol. The second-order valence-electron chi connectivity index (χ2n) is 1.62. The van der Waals surface area contributed by atoms with Gasteiger partial charge in [-0.05, 0) is 0 Å². The molecule has 9 heavy (non-hydrogen) atoms. The molecule has 0 spiro atoms. The lowest BCUT2D eigenvalue weighted by Gasteiger charge is -2.06. The smallest absolute Gasteiger partial charge is 0.413 e. The summed E-state index contributed by atoms with van der Waals surface area (Å²) in [5, 5.41) is 35.2. The van der Waals surface area contributed by atoms with E-state index in [0.29, 0.717) is 0 Å². The summed E-state index contributed by atoms with van der Waals surface area (Å²) in [6.07, 6.45) is -0.938. The summed E-state index contributed by atoms with van der Waals surface area (Å²) in [5.74, 6) is 0. The minimum atomic E-state index is -1.63. The molecule has 0 saturated heterocycles. The lowest BCUT2D eigenvalue weighted by molar-refractivity contribution is 0.0966. The first kappa shape index (κ1) is 8.86. The van der Waals surface area contributed by atoms with Crippen LogP contribution in [0.25, 0.3) is 0 Å². The van der Waals surface area contributed by atoms with Crippen LogP contribution < -0.4 is 5.23 Å². The zero-order chi connectivity index (χ0) is 7.28. The first-order valence-corrected chi connectivity index (χ1v) is 2.55. The summed E-state index contributed by atoms with van der Waals surface area (Å²) in [5.41, 5.74) is 0. The molecule has 0 aliphatic rings. The minimum absolute atomic E-state index is 0.0336. The van der Waals surface area contributed by atoms with E-state index < -0.39 is 13.4 Å². The van der Waals surface area contributed by atoms with E-state index >= 15 is 0 Å². The summed E-state index contributed by atoms with van der Waals surface area (Å²) in [6.45, 7) is -0.423. The third-order valence-corrected chi connectivity index (χ3v) is 0.747. The molecule has 5 nitrogen and oxygen atoms in total. The van der Waals surface area contributed by atoms with Gasteiger partial charge >= 0.3 is 7.25 Å². The number of nitrogens with one attached hydrogen (secondary N) is 1. The highest BCUT2D eigenvalue weighted by molar-refractivity contribution is 6.37. The van der Waals surface area contributed by atoms with Gasteiger partial charge in [0.1, 0.15) is 0 Å². The largest absolute Gasteiger partial charge is 0.549 e. The van der Waals surface area contributed by atoms with Crippen LogP contribution in [0.2, 0.25) is 0 Å². The Kier molecular flexibility index (Phi) is 4.65. The SMILES string of the molecule is OCC(O)CNB(O)O. The minimum Gasteiger partial charge on any atom is -0.413 e. The summed E-state index contributed by atoms with van der Waals surface area (Å²) >= 11 is 0. The van der Waals surface area contributed by atoms with Crippen LogP contribution >= 0.6 is 0 Å². The number of aliphatic hydroxyl groups is 2. The van der Waals surface area contributed by atoms with Crippen LogP contribution in [-0.2, 0) is 0 Å². The van der Waals surface area contributed by atoms with Crippen molar-refractivity contribution >= 4 is 7.25 Å². The van der Waals surface area contributed by atoms with Gasteiger partial charge in [-0.25, -0.2) is 0 Å². The van der Waals surface area contributed by atoms with Gasteiger partial charge in [0.25, 0.3) is 0 Å². The summed E-state index contributed by atoms with van der Waals surface area (Å²) in [4.78, 5) is 0. The molecule has 0 saturated carbocycles. The average Bonchev–Trinajstić information content (AvgIpc) is 1.83. The van der Waals surface area contributed by atoms with E-state index in [2.05, 4.69) is 5.23 Å². The topological polar surface area (TPSA) is 93.0 Å². The first-order chi connectivity index (χ1) is 4.16. The molecule has 0 heterocycles. The molecule has 0 amide bonds. The van der Waals surface area contributed by atoms with Crippen LogP contribution in [0.5, 0.6) is 0 Å². The summed E-state index contributed by atoms with van der Waals surface area (Å²) in [7, 11) is -1.63. The van der Waals surface area contributed by atoms with Crippen LogP contribution in [-0.4, -0.2) is 46.8 Å². The van der Waals surface area contributed by atoms with Crippen molar-refractivity contribution in [3.63, 3.8) is 0 Å². The van der Waals surface area contributed by atoms with E-state index in [1.54, 1.807) is 0 Å².